The van der Waals surface area contributed by atoms with Crippen LogP contribution in [-0.4, -0.2) is 59.5 Å². The lowest BCUT2D eigenvalue weighted by Gasteiger charge is -2.35. The van der Waals surface area contributed by atoms with E-state index in [2.05, 4.69) is 0 Å². The standard InChI is InChI=1S/C15H18N2O3S/c1-20-12-4-2-11(3-5-12)6-7-16-8-14(18)17-10-21-9-13(17)15(16)19/h2-5,13H,6-10H2,1H3/t13-/m0/s1. The van der Waals surface area contributed by atoms with Crippen molar-refractivity contribution in [2.45, 2.75) is 12.5 Å². The Labute approximate surface area is 128 Å². The van der Waals surface area contributed by atoms with Gasteiger partial charge in [0.15, 0.2) is 0 Å². The first kappa shape index (κ1) is 14.3. The first-order chi connectivity index (χ1) is 10.2. The average Bonchev–Trinajstić information content (AvgIpc) is 3.00. The number of amides is 2. The molecule has 1 atom stereocenters. The maximum Gasteiger partial charge on any atom is 0.246 e. The van der Waals surface area contributed by atoms with Crippen molar-refractivity contribution in [1.29, 1.82) is 0 Å². The first-order valence-electron chi connectivity index (χ1n) is 6.98. The molecule has 6 heteroatoms. The SMILES string of the molecule is COc1ccc(CCN2CC(=O)N3CSC[C@H]3C2=O)cc1. The predicted octanol–water partition coefficient (Wildman–Crippen LogP) is 0.981. The molecule has 0 N–H and O–H groups in total. The van der Waals surface area contributed by atoms with E-state index in [4.69, 9.17) is 4.74 Å². The number of hydrogen-bond acceptors (Lipinski definition) is 4. The summed E-state index contributed by atoms with van der Waals surface area (Å²) in [6, 6.07) is 7.56. The van der Waals surface area contributed by atoms with Gasteiger partial charge in [-0.25, -0.2) is 0 Å². The molecule has 2 aliphatic heterocycles. The second-order valence-corrected chi connectivity index (χ2v) is 6.24. The van der Waals surface area contributed by atoms with Gasteiger partial charge in [-0.3, -0.25) is 9.59 Å². The second kappa shape index (κ2) is 5.97. The monoisotopic (exact) mass is 306 g/mol. The molecule has 2 aliphatic rings. The van der Waals surface area contributed by atoms with Gasteiger partial charge >= 0.3 is 0 Å². The molecule has 0 aliphatic carbocycles. The molecule has 3 rings (SSSR count). The number of carbonyl (C=O) groups excluding carboxylic acids is 2. The highest BCUT2D eigenvalue weighted by Gasteiger charge is 2.41. The number of piperazine rings is 1. The van der Waals surface area contributed by atoms with Gasteiger partial charge in [0, 0.05) is 12.3 Å². The van der Waals surface area contributed by atoms with E-state index >= 15 is 0 Å². The molecule has 0 aromatic heterocycles. The Morgan fingerprint density at radius 2 is 2.05 bits per heavy atom. The lowest BCUT2D eigenvalue weighted by atomic mass is 10.1. The number of rotatable bonds is 4. The largest absolute Gasteiger partial charge is 0.497 e. The van der Waals surface area contributed by atoms with Crippen molar-refractivity contribution in [3.05, 3.63) is 29.8 Å². The Kier molecular flexibility index (Phi) is 4.05. The Hall–Kier alpha value is -1.69. The van der Waals surface area contributed by atoms with Gasteiger partial charge in [-0.15, -0.1) is 11.8 Å². The van der Waals surface area contributed by atoms with Crippen molar-refractivity contribution in [1.82, 2.24) is 9.80 Å². The lowest BCUT2D eigenvalue weighted by Crippen LogP contribution is -2.58. The smallest absolute Gasteiger partial charge is 0.246 e. The topological polar surface area (TPSA) is 49.9 Å². The highest BCUT2D eigenvalue weighted by molar-refractivity contribution is 7.99. The highest BCUT2D eigenvalue weighted by atomic mass is 32.2. The molecule has 2 heterocycles. The second-order valence-electron chi connectivity index (χ2n) is 5.24. The molecule has 1 aromatic rings. The molecule has 5 nitrogen and oxygen atoms in total. The van der Waals surface area contributed by atoms with Gasteiger partial charge in [-0.1, -0.05) is 12.1 Å². The molecule has 0 radical (unpaired) electrons. The maximum absolute atomic E-state index is 12.4. The fraction of sp³-hybridized carbons (Fsp3) is 0.467. The summed E-state index contributed by atoms with van der Waals surface area (Å²) in [6.07, 6.45) is 0.753. The number of hydrogen-bond donors (Lipinski definition) is 0. The summed E-state index contributed by atoms with van der Waals surface area (Å²) in [7, 11) is 1.64. The van der Waals surface area contributed by atoms with Gasteiger partial charge in [-0.05, 0) is 24.1 Å². The van der Waals surface area contributed by atoms with Crippen molar-refractivity contribution in [3.63, 3.8) is 0 Å². The normalized spacial score (nSPS) is 21.7. The molecule has 1 aromatic carbocycles. The zero-order valence-corrected chi connectivity index (χ0v) is 12.8. The average molecular weight is 306 g/mol. The lowest BCUT2D eigenvalue weighted by molar-refractivity contribution is -0.153. The number of benzene rings is 1. The Balaban J connectivity index is 1.61. The molecular weight excluding hydrogens is 288 g/mol. The Bertz CT molecular complexity index is 546. The van der Waals surface area contributed by atoms with Gasteiger partial charge in [0.25, 0.3) is 0 Å². The molecule has 2 saturated heterocycles. The summed E-state index contributed by atoms with van der Waals surface area (Å²) in [5.74, 6) is 2.36. The number of carbonyl (C=O) groups is 2. The van der Waals surface area contributed by atoms with Crippen LogP contribution in [0.2, 0.25) is 0 Å². The van der Waals surface area contributed by atoms with Crippen molar-refractivity contribution in [3.8, 4) is 5.75 Å². The van der Waals surface area contributed by atoms with E-state index in [0.717, 1.165) is 23.5 Å². The van der Waals surface area contributed by atoms with E-state index in [-0.39, 0.29) is 24.4 Å². The van der Waals surface area contributed by atoms with Gasteiger partial charge < -0.3 is 14.5 Å². The van der Waals surface area contributed by atoms with Crippen LogP contribution in [0.15, 0.2) is 24.3 Å². The Morgan fingerprint density at radius 3 is 2.76 bits per heavy atom. The summed E-state index contributed by atoms with van der Waals surface area (Å²) in [6.45, 7) is 0.804. The third kappa shape index (κ3) is 2.85. The first-order valence-corrected chi connectivity index (χ1v) is 8.13. The molecular formula is C15H18N2O3S. The van der Waals surface area contributed by atoms with Crippen LogP contribution in [0.3, 0.4) is 0 Å². The number of nitrogens with zero attached hydrogens (tertiary/aromatic N) is 2. The maximum atomic E-state index is 12.4. The minimum Gasteiger partial charge on any atom is -0.497 e. The summed E-state index contributed by atoms with van der Waals surface area (Å²) in [4.78, 5) is 27.8. The molecule has 2 fully saturated rings. The van der Waals surface area contributed by atoms with E-state index in [0.29, 0.717) is 12.4 Å². The summed E-state index contributed by atoms with van der Waals surface area (Å²) < 4.78 is 5.13. The molecule has 0 bridgehead atoms. The zero-order valence-electron chi connectivity index (χ0n) is 11.9. The van der Waals surface area contributed by atoms with E-state index in [1.807, 2.05) is 24.3 Å². The van der Waals surface area contributed by atoms with Gasteiger partial charge in [0.1, 0.15) is 11.8 Å². The van der Waals surface area contributed by atoms with Crippen molar-refractivity contribution in [2.24, 2.45) is 0 Å². The molecule has 112 valence electrons. The molecule has 21 heavy (non-hydrogen) atoms. The fourth-order valence-electron chi connectivity index (χ4n) is 2.68. The van der Waals surface area contributed by atoms with Crippen molar-refractivity contribution in [2.75, 3.05) is 31.8 Å². The summed E-state index contributed by atoms with van der Waals surface area (Å²) in [5.41, 5.74) is 1.14. The van der Waals surface area contributed by atoms with Gasteiger partial charge in [0.2, 0.25) is 11.8 Å². The fourth-order valence-corrected chi connectivity index (χ4v) is 3.85. The van der Waals surface area contributed by atoms with Crippen LogP contribution in [0, 0.1) is 0 Å². The molecule has 0 unspecified atom stereocenters. The quantitative estimate of drug-likeness (QED) is 0.832. The molecule has 0 spiro atoms. The van der Waals surface area contributed by atoms with Gasteiger partial charge in [-0.2, -0.15) is 0 Å². The number of ether oxygens (including phenoxy) is 1. The number of fused-ring (bicyclic) bond motifs is 1. The van der Waals surface area contributed by atoms with E-state index < -0.39 is 0 Å². The van der Waals surface area contributed by atoms with Gasteiger partial charge in [0.05, 0.1) is 19.5 Å². The summed E-state index contributed by atoms with van der Waals surface area (Å²) in [5, 5.41) is 0. The van der Waals surface area contributed by atoms with E-state index in [1.54, 1.807) is 28.7 Å². The van der Waals surface area contributed by atoms with E-state index in [1.165, 1.54) is 0 Å². The van der Waals surface area contributed by atoms with Crippen LogP contribution >= 0.6 is 11.8 Å². The molecule has 0 saturated carbocycles. The Morgan fingerprint density at radius 1 is 1.29 bits per heavy atom. The number of methoxy groups -OCH3 is 1. The third-order valence-electron chi connectivity index (χ3n) is 3.95. The van der Waals surface area contributed by atoms with Crippen LogP contribution in [0.5, 0.6) is 5.75 Å². The van der Waals surface area contributed by atoms with E-state index in [9.17, 15) is 9.59 Å². The van der Waals surface area contributed by atoms with Crippen LogP contribution in [-0.2, 0) is 16.0 Å². The predicted molar refractivity (Wildman–Crippen MR) is 81.2 cm³/mol. The van der Waals surface area contributed by atoms with Crippen LogP contribution in [0.1, 0.15) is 5.56 Å². The minimum atomic E-state index is -0.243. The van der Waals surface area contributed by atoms with Crippen LogP contribution < -0.4 is 4.74 Å². The van der Waals surface area contributed by atoms with Crippen LogP contribution in [0.4, 0.5) is 0 Å². The van der Waals surface area contributed by atoms with Crippen LogP contribution in [0.25, 0.3) is 0 Å². The summed E-state index contributed by atoms with van der Waals surface area (Å²) >= 11 is 1.65. The minimum absolute atomic E-state index is 0.0688. The molecule has 2 amide bonds. The van der Waals surface area contributed by atoms with Crippen molar-refractivity contribution < 1.29 is 14.3 Å². The zero-order chi connectivity index (χ0) is 14.8. The highest BCUT2D eigenvalue weighted by Crippen LogP contribution is 2.26. The third-order valence-corrected chi connectivity index (χ3v) is 4.97. The van der Waals surface area contributed by atoms with Crippen molar-refractivity contribution >= 4 is 23.6 Å². The number of thioether (sulfide) groups is 1.